The number of aromatic nitrogens is 3. The van der Waals surface area contributed by atoms with Crippen molar-refractivity contribution in [2.75, 3.05) is 25.0 Å². The normalized spacial score (nSPS) is 17.8. The van der Waals surface area contributed by atoms with E-state index >= 15 is 0 Å². The third-order valence-corrected chi connectivity index (χ3v) is 4.95. The van der Waals surface area contributed by atoms with Gasteiger partial charge in [-0.1, -0.05) is 13.8 Å². The van der Waals surface area contributed by atoms with E-state index in [1.54, 1.807) is 21.7 Å². The van der Waals surface area contributed by atoms with Crippen molar-refractivity contribution >= 4 is 33.3 Å². The van der Waals surface area contributed by atoms with Crippen molar-refractivity contribution in [3.8, 4) is 0 Å². The number of carbonyl (C=O) groups excluding carboxylic acids is 1. The quantitative estimate of drug-likeness (QED) is 0.756. The maximum absolute atomic E-state index is 12.6. The van der Waals surface area contributed by atoms with Crippen molar-refractivity contribution < 1.29 is 13.9 Å². The average molecular weight is 373 g/mol. The number of hydrogen-bond donors (Lipinski definition) is 1. The number of hydrogen-bond acceptors (Lipinski definition) is 7. The molecular weight excluding hydrogens is 354 g/mol. The Hall–Kier alpha value is -2.52. The van der Waals surface area contributed by atoms with Gasteiger partial charge in [-0.25, -0.2) is 9.78 Å². The Morgan fingerprint density at radius 3 is 3.08 bits per heavy atom. The smallest absolute Gasteiger partial charge is 0.322 e. The van der Waals surface area contributed by atoms with E-state index in [1.165, 1.54) is 0 Å². The number of thiazole rings is 1. The molecule has 1 atom stereocenters. The highest BCUT2D eigenvalue weighted by molar-refractivity contribution is 7.16. The van der Waals surface area contributed by atoms with E-state index in [4.69, 9.17) is 9.15 Å². The molecule has 0 bridgehead atoms. The van der Waals surface area contributed by atoms with E-state index < -0.39 is 6.10 Å². The molecule has 8 nitrogen and oxygen atoms in total. The molecule has 3 heterocycles. The predicted octanol–water partition coefficient (Wildman–Crippen LogP) is 3.41. The Labute approximate surface area is 154 Å². The summed E-state index contributed by atoms with van der Waals surface area (Å²) in [7, 11) is 0. The lowest BCUT2D eigenvalue weighted by atomic mass is 10.2. The van der Waals surface area contributed by atoms with Gasteiger partial charge in [0.25, 0.3) is 0 Å². The van der Waals surface area contributed by atoms with E-state index in [0.29, 0.717) is 31.5 Å². The van der Waals surface area contributed by atoms with Gasteiger partial charge in [0, 0.05) is 18.2 Å². The third-order valence-electron chi connectivity index (χ3n) is 4.16. The molecule has 1 aromatic carbocycles. The van der Waals surface area contributed by atoms with Gasteiger partial charge in [0.05, 0.1) is 28.9 Å². The zero-order chi connectivity index (χ0) is 18.1. The summed E-state index contributed by atoms with van der Waals surface area (Å²) in [6, 6.07) is 5.50. The highest BCUT2D eigenvalue weighted by atomic mass is 32.1. The van der Waals surface area contributed by atoms with Gasteiger partial charge in [0.2, 0.25) is 11.8 Å². The van der Waals surface area contributed by atoms with Crippen LogP contribution in [0.25, 0.3) is 10.2 Å². The lowest BCUT2D eigenvalue weighted by molar-refractivity contribution is -0.0276. The number of anilines is 1. The first-order valence-electron chi connectivity index (χ1n) is 8.44. The Kier molecular flexibility index (Phi) is 4.56. The molecule has 0 aliphatic carbocycles. The second-order valence-corrected chi connectivity index (χ2v) is 7.29. The number of carbonyl (C=O) groups is 1. The molecular formula is C17H19N5O3S. The summed E-state index contributed by atoms with van der Waals surface area (Å²) in [5, 5.41) is 11.0. The number of urea groups is 1. The molecule has 0 spiro atoms. The van der Waals surface area contributed by atoms with E-state index in [9.17, 15) is 4.79 Å². The van der Waals surface area contributed by atoms with Crippen LogP contribution in [0.2, 0.25) is 0 Å². The first-order chi connectivity index (χ1) is 12.6. The molecule has 1 unspecified atom stereocenters. The van der Waals surface area contributed by atoms with E-state index in [1.807, 2.05) is 32.0 Å². The fourth-order valence-electron chi connectivity index (χ4n) is 2.73. The van der Waals surface area contributed by atoms with Crippen LogP contribution in [0.1, 0.15) is 37.7 Å². The molecule has 0 saturated carbocycles. The maximum atomic E-state index is 12.6. The third kappa shape index (κ3) is 3.40. The van der Waals surface area contributed by atoms with Gasteiger partial charge in [-0.3, -0.25) is 0 Å². The molecule has 2 amide bonds. The van der Waals surface area contributed by atoms with Crippen LogP contribution in [-0.4, -0.2) is 45.8 Å². The number of morpholine rings is 1. The minimum Gasteiger partial charge on any atom is -0.422 e. The molecule has 1 N–H and O–H groups in total. The minimum atomic E-state index is -0.404. The van der Waals surface area contributed by atoms with E-state index in [2.05, 4.69) is 20.5 Å². The van der Waals surface area contributed by atoms with E-state index in [0.717, 1.165) is 15.9 Å². The summed E-state index contributed by atoms with van der Waals surface area (Å²) >= 11 is 1.54. The van der Waals surface area contributed by atoms with Gasteiger partial charge in [-0.2, -0.15) is 0 Å². The van der Waals surface area contributed by atoms with Gasteiger partial charge < -0.3 is 19.4 Å². The van der Waals surface area contributed by atoms with Crippen molar-refractivity contribution in [1.82, 2.24) is 20.1 Å². The number of benzene rings is 1. The van der Waals surface area contributed by atoms with Crippen LogP contribution in [0, 0.1) is 0 Å². The molecule has 1 saturated heterocycles. The standard InChI is InChI=1S/C17H19N5O3S/c1-10(2)15-20-21-16(25-15)13-8-22(5-6-24-13)17(23)19-11-3-4-12-14(7-11)26-9-18-12/h3-4,7,9-10,13H,5-6,8H2,1-2H3,(H,19,23). The van der Waals surface area contributed by atoms with Gasteiger partial charge >= 0.3 is 6.03 Å². The molecule has 4 rings (SSSR count). The van der Waals surface area contributed by atoms with Crippen LogP contribution < -0.4 is 5.32 Å². The Balaban J connectivity index is 1.43. The summed E-state index contributed by atoms with van der Waals surface area (Å²) < 4.78 is 12.4. The van der Waals surface area contributed by atoms with Crippen LogP contribution in [0.15, 0.2) is 28.1 Å². The SMILES string of the molecule is CC(C)c1nnc(C2CN(C(=O)Nc3ccc4ncsc4c3)CCO2)o1. The first kappa shape index (κ1) is 16.9. The molecule has 2 aromatic heterocycles. The number of nitrogens with zero attached hydrogens (tertiary/aromatic N) is 4. The molecule has 26 heavy (non-hydrogen) atoms. The summed E-state index contributed by atoms with van der Waals surface area (Å²) in [5.74, 6) is 1.14. The van der Waals surface area contributed by atoms with Crippen molar-refractivity contribution in [2.45, 2.75) is 25.9 Å². The van der Waals surface area contributed by atoms with Gasteiger partial charge in [-0.15, -0.1) is 21.5 Å². The fourth-order valence-corrected chi connectivity index (χ4v) is 3.44. The Morgan fingerprint density at radius 2 is 2.27 bits per heavy atom. The Morgan fingerprint density at radius 1 is 1.38 bits per heavy atom. The average Bonchev–Trinajstić information content (AvgIpc) is 3.31. The van der Waals surface area contributed by atoms with Crippen molar-refractivity contribution in [3.05, 3.63) is 35.5 Å². The molecule has 3 aromatic rings. The topological polar surface area (TPSA) is 93.4 Å². The first-order valence-corrected chi connectivity index (χ1v) is 9.32. The van der Waals surface area contributed by atoms with Gasteiger partial charge in [0.15, 0.2) is 6.10 Å². The number of amides is 2. The Bertz CT molecular complexity index is 922. The van der Waals surface area contributed by atoms with Crippen molar-refractivity contribution in [3.63, 3.8) is 0 Å². The largest absolute Gasteiger partial charge is 0.422 e. The molecule has 1 fully saturated rings. The molecule has 1 aliphatic heterocycles. The van der Waals surface area contributed by atoms with Crippen LogP contribution in [0.5, 0.6) is 0 Å². The van der Waals surface area contributed by atoms with Crippen molar-refractivity contribution in [1.29, 1.82) is 0 Å². The predicted molar refractivity (Wildman–Crippen MR) is 97.3 cm³/mol. The van der Waals surface area contributed by atoms with Crippen LogP contribution in [0.4, 0.5) is 10.5 Å². The molecule has 9 heteroatoms. The fraction of sp³-hybridized carbons (Fsp3) is 0.412. The molecule has 136 valence electrons. The number of fused-ring (bicyclic) bond motifs is 1. The summed E-state index contributed by atoms with van der Waals surface area (Å²) in [6.45, 7) is 5.27. The van der Waals surface area contributed by atoms with Crippen LogP contribution in [0.3, 0.4) is 0 Å². The highest BCUT2D eigenvalue weighted by Gasteiger charge is 2.29. The van der Waals surface area contributed by atoms with Gasteiger partial charge in [0.1, 0.15) is 0 Å². The second kappa shape index (κ2) is 7.00. The lowest BCUT2D eigenvalue weighted by Crippen LogP contribution is -2.44. The minimum absolute atomic E-state index is 0.154. The summed E-state index contributed by atoms with van der Waals surface area (Å²) in [6.07, 6.45) is -0.404. The summed E-state index contributed by atoms with van der Waals surface area (Å²) in [4.78, 5) is 18.6. The van der Waals surface area contributed by atoms with E-state index in [-0.39, 0.29) is 11.9 Å². The van der Waals surface area contributed by atoms with Gasteiger partial charge in [-0.05, 0) is 18.2 Å². The van der Waals surface area contributed by atoms with Crippen LogP contribution >= 0.6 is 11.3 Å². The molecule has 0 radical (unpaired) electrons. The number of rotatable bonds is 3. The lowest BCUT2D eigenvalue weighted by Gasteiger charge is -2.31. The van der Waals surface area contributed by atoms with Crippen molar-refractivity contribution in [2.24, 2.45) is 0 Å². The monoisotopic (exact) mass is 373 g/mol. The number of nitrogens with one attached hydrogen (secondary N) is 1. The zero-order valence-electron chi connectivity index (χ0n) is 14.5. The molecule has 1 aliphatic rings. The second-order valence-electron chi connectivity index (χ2n) is 6.40. The summed E-state index contributed by atoms with van der Waals surface area (Å²) in [5.41, 5.74) is 3.46. The zero-order valence-corrected chi connectivity index (χ0v) is 15.3. The maximum Gasteiger partial charge on any atom is 0.322 e. The highest BCUT2D eigenvalue weighted by Crippen LogP contribution is 2.25. The van der Waals surface area contributed by atoms with Crippen LogP contribution in [-0.2, 0) is 4.74 Å². The number of ether oxygens (including phenoxy) is 1.